The molecule has 9 atom stereocenters. The SMILES string of the molecule is CCCCC[C@@H](O)CC(=O)N[C@@H](CCN)C(=O)N[C@H]1CCNC(=O)[C@H](CC(C)C)NC(=O)[C@H](CCN)NC(=O)[C@H](CCN)NC(=O)[C@H](CC(C)C)NC(=O)[C@@H](CCc2ccccc2)NC(=O)[C@H](CCN)NC1=O. The highest BCUT2D eigenvalue weighted by molar-refractivity contribution is 5.98. The second-order valence-corrected chi connectivity index (χ2v) is 19.6. The molecule has 1 saturated heterocycles. The van der Waals surface area contributed by atoms with Gasteiger partial charge in [-0.05, 0) is 108 Å². The van der Waals surface area contributed by atoms with E-state index < -0.39 is 108 Å². The van der Waals surface area contributed by atoms with E-state index in [9.17, 15) is 48.3 Å². The van der Waals surface area contributed by atoms with Crippen LogP contribution >= 0.6 is 0 Å². The first-order valence-electron chi connectivity index (χ1n) is 26.0. The van der Waals surface area contributed by atoms with Crippen LogP contribution in [-0.4, -0.2) is 145 Å². The Balaban J connectivity index is 2.71. The number of rotatable bonds is 24. The molecule has 0 bridgehead atoms. The molecule has 0 radical (unpaired) electrons. The lowest BCUT2D eigenvalue weighted by Gasteiger charge is -2.28. The first kappa shape index (κ1) is 63.4. The summed E-state index contributed by atoms with van der Waals surface area (Å²) in [7, 11) is 0. The zero-order chi connectivity index (χ0) is 54.5. The number of aliphatic hydroxyl groups excluding tert-OH is 1. The predicted octanol–water partition coefficient (Wildman–Crippen LogP) is -2.16. The normalized spacial score (nSPS) is 23.2. The Morgan fingerprint density at radius 3 is 1.52 bits per heavy atom. The highest BCUT2D eigenvalue weighted by atomic mass is 16.3. The summed E-state index contributed by atoms with van der Waals surface area (Å²) in [6.07, 6.45) is 1.73. The Bertz CT molecular complexity index is 1910. The van der Waals surface area contributed by atoms with Gasteiger partial charge in [-0.2, -0.15) is 0 Å². The number of amides is 9. The van der Waals surface area contributed by atoms with E-state index in [1.54, 1.807) is 0 Å². The van der Waals surface area contributed by atoms with E-state index in [-0.39, 0.29) is 102 Å². The van der Waals surface area contributed by atoms with Gasteiger partial charge in [-0.3, -0.25) is 43.2 Å². The summed E-state index contributed by atoms with van der Waals surface area (Å²) in [5.74, 6) is -7.02. The van der Waals surface area contributed by atoms with Crippen LogP contribution in [0, 0.1) is 11.8 Å². The van der Waals surface area contributed by atoms with E-state index in [2.05, 4.69) is 47.9 Å². The molecule has 1 heterocycles. The summed E-state index contributed by atoms with van der Waals surface area (Å²) >= 11 is 0. The molecular formula is C50H87N13O10. The molecule has 1 fully saturated rings. The number of hydrogen-bond acceptors (Lipinski definition) is 14. The van der Waals surface area contributed by atoms with Gasteiger partial charge < -0.3 is 75.9 Å². The Hall–Kier alpha value is -5.75. The molecule has 0 spiro atoms. The van der Waals surface area contributed by atoms with E-state index in [0.717, 1.165) is 18.4 Å². The zero-order valence-electron chi connectivity index (χ0n) is 43.6. The smallest absolute Gasteiger partial charge is 0.243 e. The zero-order valence-corrected chi connectivity index (χ0v) is 43.6. The molecule has 1 aliphatic heterocycles. The van der Waals surface area contributed by atoms with Crippen LogP contribution in [0.2, 0.25) is 0 Å². The average molecular weight is 1030 g/mol. The third kappa shape index (κ3) is 24.2. The highest BCUT2D eigenvalue weighted by Gasteiger charge is 2.35. The Kier molecular flexibility index (Phi) is 30.1. The van der Waals surface area contributed by atoms with Crippen molar-refractivity contribution in [3.05, 3.63) is 35.9 Å². The first-order valence-corrected chi connectivity index (χ1v) is 26.0. The van der Waals surface area contributed by atoms with Crippen LogP contribution in [0.15, 0.2) is 30.3 Å². The minimum absolute atomic E-state index is 0.0436. The lowest BCUT2D eigenvalue weighted by molar-refractivity contribution is -0.136. The number of nitrogens with one attached hydrogen (secondary N) is 9. The summed E-state index contributed by atoms with van der Waals surface area (Å²) in [5.41, 5.74) is 24.4. The number of carbonyl (C=O) groups excluding carboxylic acids is 9. The van der Waals surface area contributed by atoms with Crippen LogP contribution in [0.3, 0.4) is 0 Å². The van der Waals surface area contributed by atoms with Crippen molar-refractivity contribution in [1.29, 1.82) is 0 Å². The van der Waals surface area contributed by atoms with Crippen molar-refractivity contribution >= 4 is 53.2 Å². The summed E-state index contributed by atoms with van der Waals surface area (Å²) in [6, 6.07) is -1.08. The molecule has 0 aliphatic carbocycles. The van der Waals surface area contributed by atoms with Crippen LogP contribution in [0.4, 0.5) is 0 Å². The Labute approximate surface area is 430 Å². The van der Waals surface area contributed by atoms with Crippen molar-refractivity contribution in [2.75, 3.05) is 32.7 Å². The van der Waals surface area contributed by atoms with Crippen molar-refractivity contribution < 1.29 is 48.3 Å². The van der Waals surface area contributed by atoms with E-state index in [4.69, 9.17) is 22.9 Å². The number of unbranched alkanes of at least 4 members (excludes halogenated alkanes) is 2. The second-order valence-electron chi connectivity index (χ2n) is 19.6. The Morgan fingerprint density at radius 1 is 0.603 bits per heavy atom. The molecule has 0 unspecified atom stereocenters. The van der Waals surface area contributed by atoms with E-state index >= 15 is 0 Å². The molecule has 1 aromatic carbocycles. The first-order chi connectivity index (χ1) is 34.8. The fourth-order valence-corrected chi connectivity index (χ4v) is 8.21. The molecule has 0 aromatic heterocycles. The van der Waals surface area contributed by atoms with Gasteiger partial charge in [0.2, 0.25) is 53.2 Å². The minimum atomic E-state index is -1.46. The lowest BCUT2D eigenvalue weighted by Crippen LogP contribution is -2.60. The fraction of sp³-hybridized carbons (Fsp3) is 0.700. The highest BCUT2D eigenvalue weighted by Crippen LogP contribution is 2.13. The molecule has 1 aromatic rings. The largest absolute Gasteiger partial charge is 0.393 e. The molecule has 18 N–H and O–H groups in total. The maximum absolute atomic E-state index is 14.4. The van der Waals surface area contributed by atoms with Gasteiger partial charge >= 0.3 is 0 Å². The third-order valence-corrected chi connectivity index (χ3v) is 12.2. The van der Waals surface area contributed by atoms with Gasteiger partial charge in [0.25, 0.3) is 0 Å². The lowest BCUT2D eigenvalue weighted by atomic mass is 10.00. The number of benzene rings is 1. The monoisotopic (exact) mass is 1030 g/mol. The van der Waals surface area contributed by atoms with Crippen LogP contribution in [0.25, 0.3) is 0 Å². The molecule has 2 rings (SSSR count). The predicted molar refractivity (Wildman–Crippen MR) is 276 cm³/mol. The number of aryl methyl sites for hydroxylation is 1. The van der Waals surface area contributed by atoms with E-state index in [1.807, 2.05) is 65.0 Å². The molecule has 73 heavy (non-hydrogen) atoms. The van der Waals surface area contributed by atoms with Gasteiger partial charge in [-0.25, -0.2) is 0 Å². The van der Waals surface area contributed by atoms with Gasteiger partial charge in [0.15, 0.2) is 0 Å². The topological polar surface area (TPSA) is 386 Å². The minimum Gasteiger partial charge on any atom is -0.393 e. The molecular weight excluding hydrogens is 943 g/mol. The van der Waals surface area contributed by atoms with Gasteiger partial charge in [0.05, 0.1) is 12.5 Å². The average Bonchev–Trinajstić information content (AvgIpc) is 3.33. The van der Waals surface area contributed by atoms with Crippen LogP contribution in [0.1, 0.15) is 124 Å². The molecule has 9 amide bonds. The number of aliphatic hydroxyl groups is 1. The molecule has 412 valence electrons. The van der Waals surface area contributed by atoms with Crippen LogP contribution in [-0.2, 0) is 49.6 Å². The van der Waals surface area contributed by atoms with E-state index in [1.165, 1.54) is 0 Å². The van der Waals surface area contributed by atoms with Crippen molar-refractivity contribution in [1.82, 2.24) is 47.9 Å². The van der Waals surface area contributed by atoms with Crippen LogP contribution < -0.4 is 70.8 Å². The van der Waals surface area contributed by atoms with Gasteiger partial charge in [0.1, 0.15) is 48.3 Å². The second kappa shape index (κ2) is 34.6. The van der Waals surface area contributed by atoms with Gasteiger partial charge in [0, 0.05) is 6.54 Å². The van der Waals surface area contributed by atoms with Crippen molar-refractivity contribution in [3.63, 3.8) is 0 Å². The molecule has 0 saturated carbocycles. The number of hydrogen-bond donors (Lipinski definition) is 14. The summed E-state index contributed by atoms with van der Waals surface area (Å²) < 4.78 is 0. The number of nitrogens with two attached hydrogens (primary N) is 4. The fourth-order valence-electron chi connectivity index (χ4n) is 8.21. The Morgan fingerprint density at radius 2 is 1.05 bits per heavy atom. The number of carbonyl (C=O) groups is 9. The molecule has 23 nitrogen and oxygen atoms in total. The maximum atomic E-state index is 14.4. The standard InChI is InChI=1S/C50H87N13O10/c1-6-7-9-14-33(64)29-42(65)56-35(17-22-51)45(68)61-39-21-26-55-43(66)40(27-30(2)3)62-48(71)38(20-25-54)58-47(70)37(19-24-53)60-50(73)41(28-31(4)5)63-44(67)34(16-15-32-12-10-8-11-13-32)57-46(69)36(18-23-52)59-49(39)72/h8,10-13,30-31,33-41,64H,6-7,9,14-29,51-54H2,1-5H3,(H,55,66)(H,56,65)(H,57,69)(H,58,70)(H,59,72)(H,60,73)(H,61,68)(H,62,71)(H,63,67)/t33-,34-,35+,36+,37+,38+,39+,40+,41+/m1/s1. The quantitative estimate of drug-likeness (QED) is 0.0491. The van der Waals surface area contributed by atoms with E-state index in [0.29, 0.717) is 19.3 Å². The molecule has 1 aliphatic rings. The summed E-state index contributed by atoms with van der Waals surface area (Å²) in [4.78, 5) is 126. The van der Waals surface area contributed by atoms with Crippen LogP contribution in [0.5, 0.6) is 0 Å². The van der Waals surface area contributed by atoms with Crippen molar-refractivity contribution in [2.45, 2.75) is 179 Å². The maximum Gasteiger partial charge on any atom is 0.243 e. The summed E-state index contributed by atoms with van der Waals surface area (Å²) in [6.45, 7) is 8.84. The summed E-state index contributed by atoms with van der Waals surface area (Å²) in [5, 5.41) is 34.6. The van der Waals surface area contributed by atoms with Gasteiger partial charge in [-0.15, -0.1) is 0 Å². The van der Waals surface area contributed by atoms with Crippen molar-refractivity contribution in [2.24, 2.45) is 34.8 Å². The van der Waals surface area contributed by atoms with Crippen molar-refractivity contribution in [3.8, 4) is 0 Å². The van der Waals surface area contributed by atoms with Gasteiger partial charge in [-0.1, -0.05) is 84.2 Å². The molecule has 23 heteroatoms. The third-order valence-electron chi connectivity index (χ3n) is 12.2.